The van der Waals surface area contributed by atoms with E-state index in [0.29, 0.717) is 0 Å². The first-order valence-electron chi connectivity index (χ1n) is 15.7. The van der Waals surface area contributed by atoms with Gasteiger partial charge < -0.3 is 24.8 Å². The number of allylic oxidation sites excluding steroid dienone is 8. The van der Waals surface area contributed by atoms with Crippen LogP contribution in [-0.2, 0) is 48.5 Å². The molecule has 48 heavy (non-hydrogen) atoms. The Bertz CT molecular complexity index is 1740. The van der Waals surface area contributed by atoms with E-state index in [4.69, 9.17) is 0 Å². The Morgan fingerprint density at radius 1 is 0.479 bits per heavy atom. The van der Waals surface area contributed by atoms with E-state index in [1.165, 1.54) is 60.6 Å². The zero-order chi connectivity index (χ0) is 33.3. The van der Waals surface area contributed by atoms with E-state index in [9.17, 15) is 0 Å². The second-order valence-corrected chi connectivity index (χ2v) is 16.6. The first-order valence-corrected chi connectivity index (χ1v) is 18.2. The Kier molecular flexibility index (Phi) is 21.8. The molecule has 0 heterocycles. The number of rotatable bonds is 0. The van der Waals surface area contributed by atoms with E-state index < -0.39 is 0 Å². The van der Waals surface area contributed by atoms with Crippen LogP contribution < -0.4 is 24.8 Å². The molecule has 0 nitrogen and oxygen atoms in total. The van der Waals surface area contributed by atoms with Crippen molar-refractivity contribution in [2.24, 2.45) is 0 Å². The van der Waals surface area contributed by atoms with Crippen LogP contribution in [0.2, 0.25) is 0 Å². The van der Waals surface area contributed by atoms with E-state index in [2.05, 4.69) is 175 Å². The molecule has 2 aliphatic rings. The van der Waals surface area contributed by atoms with Gasteiger partial charge in [-0.25, -0.2) is 23.3 Å². The smallest absolute Gasteiger partial charge is 0.0771 e. The molecule has 0 spiro atoms. The van der Waals surface area contributed by atoms with Crippen LogP contribution in [0.15, 0.2) is 145 Å². The summed E-state index contributed by atoms with van der Waals surface area (Å²) in [4.78, 5) is 0. The van der Waals surface area contributed by atoms with E-state index in [1.807, 2.05) is 12.2 Å². The quantitative estimate of drug-likeness (QED) is 0.158. The Morgan fingerprint density at radius 3 is 0.875 bits per heavy atom. The largest absolute Gasteiger partial charge is 1.00 e. The maximum absolute atomic E-state index is 3.05. The molecule has 0 fully saturated rings. The first-order chi connectivity index (χ1) is 22.2. The monoisotopic (exact) mass is 822 g/mol. The molecule has 8 rings (SSSR count). The molecular formula is C44H44Cl2Zr2-2. The molecular weight excluding hydrogens is 782 g/mol. The average molecular weight is 826 g/mol. The van der Waals surface area contributed by atoms with Gasteiger partial charge in [-0.3, -0.25) is 12.2 Å². The third kappa shape index (κ3) is 15.5. The van der Waals surface area contributed by atoms with E-state index in [-0.39, 0.29) is 24.8 Å². The normalized spacial score (nSPS) is 11.8. The van der Waals surface area contributed by atoms with Crippen molar-refractivity contribution in [1.29, 1.82) is 0 Å². The van der Waals surface area contributed by atoms with Gasteiger partial charge in [-0.05, 0) is 0 Å². The number of hydrogen-bond donors (Lipinski definition) is 0. The van der Waals surface area contributed by atoms with Gasteiger partial charge in [0.1, 0.15) is 0 Å². The fourth-order valence-electron chi connectivity index (χ4n) is 4.81. The average Bonchev–Trinajstić information content (AvgIpc) is 3.84. The van der Waals surface area contributed by atoms with Crippen LogP contribution in [0.3, 0.4) is 0 Å². The van der Waals surface area contributed by atoms with Gasteiger partial charge in [0.05, 0.1) is 0 Å². The van der Waals surface area contributed by atoms with Crippen LogP contribution in [0.25, 0.3) is 43.1 Å². The molecule has 2 aliphatic carbocycles. The molecule has 6 aromatic carbocycles. The summed E-state index contributed by atoms with van der Waals surface area (Å²) in [5.74, 6) is 0. The Morgan fingerprint density at radius 2 is 0.708 bits per heavy atom. The number of benzene rings is 4. The van der Waals surface area contributed by atoms with Gasteiger partial charge in [-0.2, -0.15) is 12.2 Å². The Hall–Kier alpha value is -2.33. The van der Waals surface area contributed by atoms with Gasteiger partial charge >= 0.3 is 82.6 Å². The number of hydrogen-bond acceptors (Lipinski definition) is 0. The third-order valence-electron chi connectivity index (χ3n) is 6.79. The molecule has 0 saturated carbocycles. The molecule has 0 N–H and O–H groups in total. The van der Waals surface area contributed by atoms with Crippen molar-refractivity contribution >= 4 is 49.5 Å². The van der Waals surface area contributed by atoms with Crippen LogP contribution in [0.1, 0.15) is 54.4 Å². The molecule has 6 aromatic rings. The van der Waals surface area contributed by atoms with Crippen molar-refractivity contribution in [1.82, 2.24) is 0 Å². The third-order valence-corrected chi connectivity index (χ3v) is 6.79. The summed E-state index contributed by atoms with van der Waals surface area (Å²) in [6.45, 7) is 12.7. The van der Waals surface area contributed by atoms with E-state index in [1.54, 1.807) is 48.5 Å². The van der Waals surface area contributed by atoms with Gasteiger partial charge in [0.2, 0.25) is 0 Å². The molecule has 0 aliphatic heterocycles. The predicted molar refractivity (Wildman–Crippen MR) is 199 cm³/mol. The SMILES string of the molecule is CC1=CC[C-]=C1.CC1=CC[C-]=C1.C[C](C)=[Zr+2].C[C](C)=[Zr+2].[Cl-].[Cl-].c1ccc2c(c1)[cH-]c1ccccc12.c1ccc2c(c1)[cH-]c1ccccc12. The van der Waals surface area contributed by atoms with Crippen LogP contribution in [0.4, 0.5) is 0 Å². The second kappa shape index (κ2) is 23.9. The molecule has 0 atom stereocenters. The van der Waals surface area contributed by atoms with Crippen LogP contribution >= 0.6 is 0 Å². The molecule has 0 amide bonds. The molecule has 244 valence electrons. The van der Waals surface area contributed by atoms with Crippen molar-refractivity contribution in [2.75, 3.05) is 0 Å². The molecule has 0 bridgehead atoms. The Balaban J connectivity index is 0.000000307. The minimum Gasteiger partial charge on any atom is -1.00 e. The van der Waals surface area contributed by atoms with Crippen LogP contribution in [0.5, 0.6) is 0 Å². The number of halogens is 2. The Labute approximate surface area is 330 Å². The van der Waals surface area contributed by atoms with Crippen LogP contribution in [0, 0.1) is 12.2 Å². The summed E-state index contributed by atoms with van der Waals surface area (Å²) >= 11 is 3.11. The van der Waals surface area contributed by atoms with E-state index >= 15 is 0 Å². The molecule has 0 aromatic heterocycles. The maximum atomic E-state index is 3.05. The maximum Gasteiger partial charge on any atom is -0.0771 e. The van der Waals surface area contributed by atoms with Crippen molar-refractivity contribution in [3.63, 3.8) is 0 Å². The second-order valence-electron chi connectivity index (χ2n) is 11.6. The van der Waals surface area contributed by atoms with Crippen molar-refractivity contribution in [2.45, 2.75) is 54.4 Å². The fourth-order valence-corrected chi connectivity index (χ4v) is 4.81. The fraction of sp³-hybridized carbons (Fsp3) is 0.182. The summed E-state index contributed by atoms with van der Waals surface area (Å²) < 4.78 is 3.01. The zero-order valence-corrected chi connectivity index (χ0v) is 35.3. The van der Waals surface area contributed by atoms with Gasteiger partial charge in [0.25, 0.3) is 0 Å². The first kappa shape index (κ1) is 43.7. The standard InChI is InChI=1S/2C13H9.2C6H7.2C3H6.2ClH.2Zr/c2*1-3-7-12-10(5-1)9-11-6-2-4-8-13(11)12;2*1-6-4-2-3-5-6;2*1-3-2;;;;/h2*1-9H;2*4-5H,2H2,1H3;2*1-2H3;2*1H;;/q4*-1;;;;;2*+2/p-2. The van der Waals surface area contributed by atoms with Crippen LogP contribution in [-0.4, -0.2) is 6.41 Å². The summed E-state index contributed by atoms with van der Waals surface area (Å²) in [5.41, 5.74) is 2.69. The summed E-state index contributed by atoms with van der Waals surface area (Å²) in [6.07, 6.45) is 16.5. The van der Waals surface area contributed by atoms with Crippen molar-refractivity contribution in [3.05, 3.63) is 157 Å². The molecule has 4 heteroatoms. The van der Waals surface area contributed by atoms with Crippen molar-refractivity contribution < 1.29 is 73.3 Å². The van der Waals surface area contributed by atoms with E-state index in [0.717, 1.165) is 12.8 Å². The molecule has 0 unspecified atom stereocenters. The van der Waals surface area contributed by atoms with Gasteiger partial charge in [-0.1, -0.05) is 72.8 Å². The zero-order valence-electron chi connectivity index (χ0n) is 28.9. The van der Waals surface area contributed by atoms with Gasteiger partial charge in [0, 0.05) is 0 Å². The summed E-state index contributed by atoms with van der Waals surface area (Å²) in [6, 6.07) is 38.5. The summed E-state index contributed by atoms with van der Waals surface area (Å²) in [7, 11) is 0. The minimum atomic E-state index is 0. The molecule has 0 radical (unpaired) electrons. The van der Waals surface area contributed by atoms with Gasteiger partial charge in [0.15, 0.2) is 0 Å². The summed E-state index contributed by atoms with van der Waals surface area (Å²) in [5, 5.41) is 10.8. The van der Waals surface area contributed by atoms with Gasteiger partial charge in [-0.15, -0.1) is 106 Å². The molecule has 0 saturated heterocycles. The minimum absolute atomic E-state index is 0. The topological polar surface area (TPSA) is 0 Å². The van der Waals surface area contributed by atoms with Crippen molar-refractivity contribution in [3.8, 4) is 0 Å². The predicted octanol–water partition coefficient (Wildman–Crippen LogP) is 6.31. The number of fused-ring (bicyclic) bond motifs is 6.